The minimum absolute atomic E-state index is 0.123. The molecule has 23 heavy (non-hydrogen) atoms. The van der Waals surface area contributed by atoms with Crippen molar-refractivity contribution in [2.75, 3.05) is 18.4 Å². The quantitative estimate of drug-likeness (QED) is 0.882. The third-order valence-electron chi connectivity index (χ3n) is 4.14. The van der Waals surface area contributed by atoms with Crippen molar-refractivity contribution in [3.8, 4) is 0 Å². The lowest BCUT2D eigenvalue weighted by Crippen LogP contribution is -2.39. The normalized spacial score (nSPS) is 16.4. The fourth-order valence-corrected chi connectivity index (χ4v) is 3.26. The predicted molar refractivity (Wildman–Crippen MR) is 93.3 cm³/mol. The van der Waals surface area contributed by atoms with Crippen molar-refractivity contribution in [3.63, 3.8) is 0 Å². The van der Waals surface area contributed by atoms with Gasteiger partial charge in [-0.1, -0.05) is 6.07 Å². The Morgan fingerprint density at radius 1 is 1.35 bits per heavy atom. The molecule has 1 fully saturated rings. The number of piperidine rings is 1. The van der Waals surface area contributed by atoms with Gasteiger partial charge < -0.3 is 5.32 Å². The first-order valence-corrected chi connectivity index (χ1v) is 8.53. The van der Waals surface area contributed by atoms with Crippen LogP contribution in [0.3, 0.4) is 0 Å². The van der Waals surface area contributed by atoms with Gasteiger partial charge in [0, 0.05) is 38.9 Å². The van der Waals surface area contributed by atoms with Gasteiger partial charge in [0.05, 0.1) is 17.6 Å². The molecule has 2 aromatic rings. The number of aromatic nitrogens is 3. The van der Waals surface area contributed by atoms with Gasteiger partial charge in [-0.15, -0.1) is 0 Å². The van der Waals surface area contributed by atoms with Crippen LogP contribution in [0, 0.1) is 0 Å². The van der Waals surface area contributed by atoms with E-state index in [1.807, 2.05) is 18.3 Å². The standard InChI is InChI=1S/C16H20BrN5O/c1-21-16(23)15(17)14(10-19-21)20-12-5-8-22(9-6-12)11-13-4-2-3-7-18-13/h2-4,7,10,12,20H,5-6,8-9,11H2,1H3. The first-order valence-electron chi connectivity index (χ1n) is 7.74. The molecular weight excluding hydrogens is 358 g/mol. The van der Waals surface area contributed by atoms with Gasteiger partial charge in [-0.25, -0.2) is 4.68 Å². The van der Waals surface area contributed by atoms with Crippen LogP contribution in [-0.2, 0) is 13.6 Å². The van der Waals surface area contributed by atoms with Crippen LogP contribution in [-0.4, -0.2) is 38.8 Å². The molecule has 0 saturated carbocycles. The van der Waals surface area contributed by atoms with Crippen molar-refractivity contribution in [1.29, 1.82) is 0 Å². The molecule has 0 bridgehead atoms. The summed E-state index contributed by atoms with van der Waals surface area (Å²) in [5.74, 6) is 0. The Morgan fingerprint density at radius 2 is 2.13 bits per heavy atom. The van der Waals surface area contributed by atoms with Gasteiger partial charge in [0.25, 0.3) is 5.56 Å². The molecule has 0 atom stereocenters. The highest BCUT2D eigenvalue weighted by Gasteiger charge is 2.20. The third kappa shape index (κ3) is 3.97. The summed E-state index contributed by atoms with van der Waals surface area (Å²) in [6.07, 6.45) is 5.61. The minimum atomic E-state index is -0.123. The van der Waals surface area contributed by atoms with Crippen LogP contribution in [0.1, 0.15) is 18.5 Å². The SMILES string of the molecule is Cn1ncc(NC2CCN(Cc3ccccn3)CC2)c(Br)c1=O. The minimum Gasteiger partial charge on any atom is -0.380 e. The third-order valence-corrected chi connectivity index (χ3v) is 4.90. The van der Waals surface area contributed by atoms with Gasteiger partial charge in [-0.05, 0) is 40.9 Å². The number of anilines is 1. The van der Waals surface area contributed by atoms with E-state index < -0.39 is 0 Å². The predicted octanol–water partition coefficient (Wildman–Crippen LogP) is 2.01. The van der Waals surface area contributed by atoms with Crippen LogP contribution in [0.15, 0.2) is 39.9 Å². The molecule has 0 radical (unpaired) electrons. The number of halogens is 1. The number of hydrogen-bond donors (Lipinski definition) is 1. The summed E-state index contributed by atoms with van der Waals surface area (Å²) in [4.78, 5) is 18.7. The van der Waals surface area contributed by atoms with Gasteiger partial charge in [0.15, 0.2) is 0 Å². The summed E-state index contributed by atoms with van der Waals surface area (Å²) in [7, 11) is 1.65. The zero-order valence-electron chi connectivity index (χ0n) is 13.1. The molecule has 1 aliphatic rings. The number of rotatable bonds is 4. The van der Waals surface area contributed by atoms with E-state index >= 15 is 0 Å². The first kappa shape index (κ1) is 16.1. The van der Waals surface area contributed by atoms with Crippen molar-refractivity contribution >= 4 is 21.6 Å². The molecule has 0 aromatic carbocycles. The molecule has 122 valence electrons. The largest absolute Gasteiger partial charge is 0.380 e. The van der Waals surface area contributed by atoms with E-state index in [-0.39, 0.29) is 5.56 Å². The lowest BCUT2D eigenvalue weighted by Gasteiger charge is -2.32. The Bertz CT molecular complexity index is 710. The molecule has 3 heterocycles. The lowest BCUT2D eigenvalue weighted by molar-refractivity contribution is 0.209. The molecule has 0 amide bonds. The molecule has 1 N–H and O–H groups in total. The molecule has 1 saturated heterocycles. The van der Waals surface area contributed by atoms with Gasteiger partial charge >= 0.3 is 0 Å². The Morgan fingerprint density at radius 3 is 2.83 bits per heavy atom. The molecule has 1 aliphatic heterocycles. The summed E-state index contributed by atoms with van der Waals surface area (Å²) in [5, 5.41) is 7.51. The van der Waals surface area contributed by atoms with Gasteiger partial charge in [-0.2, -0.15) is 5.10 Å². The van der Waals surface area contributed by atoms with E-state index in [9.17, 15) is 4.79 Å². The second-order valence-electron chi connectivity index (χ2n) is 5.82. The lowest BCUT2D eigenvalue weighted by atomic mass is 10.0. The molecule has 2 aromatic heterocycles. The van der Waals surface area contributed by atoms with Crippen molar-refractivity contribution in [2.45, 2.75) is 25.4 Å². The van der Waals surface area contributed by atoms with E-state index in [0.717, 1.165) is 43.9 Å². The van der Waals surface area contributed by atoms with E-state index in [4.69, 9.17) is 0 Å². The number of pyridine rings is 1. The number of likely N-dealkylation sites (tertiary alicyclic amines) is 1. The van der Waals surface area contributed by atoms with Crippen LogP contribution < -0.4 is 10.9 Å². The first-order chi connectivity index (χ1) is 11.1. The van der Waals surface area contributed by atoms with Crippen molar-refractivity contribution in [3.05, 3.63) is 51.1 Å². The van der Waals surface area contributed by atoms with Gasteiger partial charge in [-0.3, -0.25) is 14.7 Å². The molecule has 0 aliphatic carbocycles. The van der Waals surface area contributed by atoms with Crippen LogP contribution in [0.5, 0.6) is 0 Å². The highest BCUT2D eigenvalue weighted by Crippen LogP contribution is 2.21. The van der Waals surface area contributed by atoms with E-state index in [2.05, 4.69) is 42.3 Å². The summed E-state index contributed by atoms with van der Waals surface area (Å²) in [6.45, 7) is 2.93. The zero-order valence-corrected chi connectivity index (χ0v) is 14.7. The van der Waals surface area contributed by atoms with Gasteiger partial charge in [0.1, 0.15) is 4.47 Å². The topological polar surface area (TPSA) is 63.1 Å². The highest BCUT2D eigenvalue weighted by atomic mass is 79.9. The Kier molecular flexibility index (Phi) is 5.07. The smallest absolute Gasteiger partial charge is 0.282 e. The van der Waals surface area contributed by atoms with E-state index in [0.29, 0.717) is 10.5 Å². The maximum Gasteiger partial charge on any atom is 0.282 e. The summed E-state index contributed by atoms with van der Waals surface area (Å²) in [5.41, 5.74) is 1.76. The number of hydrogen-bond acceptors (Lipinski definition) is 5. The average Bonchev–Trinajstić information content (AvgIpc) is 2.58. The van der Waals surface area contributed by atoms with Crippen LogP contribution in [0.4, 0.5) is 5.69 Å². The average molecular weight is 378 g/mol. The van der Waals surface area contributed by atoms with Crippen molar-refractivity contribution in [1.82, 2.24) is 19.7 Å². The maximum absolute atomic E-state index is 11.9. The van der Waals surface area contributed by atoms with Crippen molar-refractivity contribution in [2.24, 2.45) is 7.05 Å². The number of aryl methyl sites for hydroxylation is 1. The van der Waals surface area contributed by atoms with E-state index in [1.165, 1.54) is 4.68 Å². The fourth-order valence-electron chi connectivity index (χ4n) is 2.79. The Balaban J connectivity index is 1.55. The molecule has 3 rings (SSSR count). The molecular formula is C16H20BrN5O. The van der Waals surface area contributed by atoms with Crippen molar-refractivity contribution < 1.29 is 0 Å². The molecule has 6 nitrogen and oxygen atoms in total. The monoisotopic (exact) mass is 377 g/mol. The summed E-state index contributed by atoms with van der Waals surface area (Å²) >= 11 is 3.36. The Labute approximate surface area is 143 Å². The number of nitrogens with one attached hydrogen (secondary N) is 1. The number of nitrogens with zero attached hydrogens (tertiary/aromatic N) is 4. The van der Waals surface area contributed by atoms with Crippen LogP contribution >= 0.6 is 15.9 Å². The second-order valence-corrected chi connectivity index (χ2v) is 6.61. The maximum atomic E-state index is 11.9. The summed E-state index contributed by atoms with van der Waals surface area (Å²) < 4.78 is 1.87. The van der Waals surface area contributed by atoms with E-state index in [1.54, 1.807) is 13.2 Å². The molecule has 0 unspecified atom stereocenters. The van der Waals surface area contributed by atoms with Crippen LogP contribution in [0.2, 0.25) is 0 Å². The highest BCUT2D eigenvalue weighted by molar-refractivity contribution is 9.10. The molecule has 0 spiro atoms. The zero-order chi connectivity index (χ0) is 16.2. The fraction of sp³-hybridized carbons (Fsp3) is 0.438. The van der Waals surface area contributed by atoms with Gasteiger partial charge in [0.2, 0.25) is 0 Å². The summed E-state index contributed by atoms with van der Waals surface area (Å²) in [6, 6.07) is 6.39. The molecule has 7 heteroatoms. The Hall–Kier alpha value is -1.73. The van der Waals surface area contributed by atoms with Crippen LogP contribution in [0.25, 0.3) is 0 Å². The second kappa shape index (κ2) is 7.23.